The third kappa shape index (κ3) is 5.84. The highest BCUT2D eigenvalue weighted by atomic mass is 35.5. The van der Waals surface area contributed by atoms with Gasteiger partial charge in [-0.05, 0) is 50.9 Å². The fourth-order valence-electron chi connectivity index (χ4n) is 2.94. The molecule has 1 saturated heterocycles. The Bertz CT molecular complexity index is 614. The molecule has 0 spiro atoms. The number of carbonyl (C=O) groups is 1. The fraction of sp³-hybridized carbons (Fsp3) is 0.562. The zero-order chi connectivity index (χ0) is 18.2. The second-order valence-corrected chi connectivity index (χ2v) is 6.43. The predicted octanol–water partition coefficient (Wildman–Crippen LogP) is 2.61. The number of unbranched alkanes of at least 4 members (excludes halogenated alkanes) is 1. The average molecular weight is 371 g/mol. The van der Waals surface area contributed by atoms with Gasteiger partial charge in [-0.25, -0.2) is 4.79 Å². The molecule has 2 amide bonds. The topological polar surface area (TPSA) is 108 Å². The minimum Gasteiger partial charge on any atom is -0.395 e. The van der Waals surface area contributed by atoms with Crippen LogP contribution in [0.4, 0.5) is 16.2 Å². The van der Waals surface area contributed by atoms with E-state index in [-0.39, 0.29) is 23.4 Å². The molecule has 1 fully saturated rings. The Hall–Kier alpha value is -1.90. The maximum absolute atomic E-state index is 11.8. The van der Waals surface area contributed by atoms with Gasteiger partial charge in [-0.3, -0.25) is 15.0 Å². The van der Waals surface area contributed by atoms with Gasteiger partial charge in [-0.15, -0.1) is 0 Å². The van der Waals surface area contributed by atoms with Crippen LogP contribution in [-0.2, 0) is 0 Å². The van der Waals surface area contributed by atoms with E-state index in [1.165, 1.54) is 18.2 Å². The minimum atomic E-state index is -0.594. The SMILES string of the molecule is O=C(NCCCCN1CCCC1CO)Nc1ccc(Cl)c([N+](=O)[O-])c1. The van der Waals surface area contributed by atoms with Crippen LogP contribution in [0.5, 0.6) is 0 Å². The van der Waals surface area contributed by atoms with Crippen LogP contribution in [0, 0.1) is 10.1 Å². The Morgan fingerprint density at radius 2 is 2.24 bits per heavy atom. The number of nitrogens with one attached hydrogen (secondary N) is 2. The van der Waals surface area contributed by atoms with Crippen molar-refractivity contribution in [2.24, 2.45) is 0 Å². The third-order valence-electron chi connectivity index (χ3n) is 4.27. The predicted molar refractivity (Wildman–Crippen MR) is 96.0 cm³/mol. The van der Waals surface area contributed by atoms with Crippen molar-refractivity contribution in [3.63, 3.8) is 0 Å². The number of urea groups is 1. The van der Waals surface area contributed by atoms with Crippen LogP contribution in [0.25, 0.3) is 0 Å². The number of nitrogens with zero attached hydrogens (tertiary/aromatic N) is 2. The highest BCUT2D eigenvalue weighted by Gasteiger charge is 2.22. The van der Waals surface area contributed by atoms with E-state index in [1.807, 2.05) is 0 Å². The Kier molecular flexibility index (Phi) is 7.42. The molecule has 0 radical (unpaired) electrons. The first-order valence-electron chi connectivity index (χ1n) is 8.35. The quantitative estimate of drug-likeness (QED) is 0.370. The van der Waals surface area contributed by atoms with Crippen LogP contribution in [0.2, 0.25) is 5.02 Å². The number of rotatable bonds is 8. The Labute approximate surface area is 151 Å². The first kappa shape index (κ1) is 19.4. The van der Waals surface area contributed by atoms with Crippen LogP contribution >= 0.6 is 11.6 Å². The maximum Gasteiger partial charge on any atom is 0.319 e. The van der Waals surface area contributed by atoms with Crippen molar-refractivity contribution in [2.75, 3.05) is 31.6 Å². The second-order valence-electron chi connectivity index (χ2n) is 6.03. The van der Waals surface area contributed by atoms with E-state index >= 15 is 0 Å². The van der Waals surface area contributed by atoms with Gasteiger partial charge in [-0.2, -0.15) is 0 Å². The number of carbonyl (C=O) groups excluding carboxylic acids is 1. The van der Waals surface area contributed by atoms with E-state index < -0.39 is 11.0 Å². The summed E-state index contributed by atoms with van der Waals surface area (Å²) in [7, 11) is 0. The summed E-state index contributed by atoms with van der Waals surface area (Å²) in [5, 5.41) is 25.4. The number of hydrogen-bond donors (Lipinski definition) is 3. The van der Waals surface area contributed by atoms with E-state index in [2.05, 4.69) is 15.5 Å². The summed E-state index contributed by atoms with van der Waals surface area (Å²) in [6, 6.07) is 3.98. The highest BCUT2D eigenvalue weighted by Crippen LogP contribution is 2.27. The fourth-order valence-corrected chi connectivity index (χ4v) is 3.13. The first-order valence-corrected chi connectivity index (χ1v) is 8.72. The molecule has 2 rings (SSSR count). The second kappa shape index (κ2) is 9.55. The molecule has 9 heteroatoms. The smallest absolute Gasteiger partial charge is 0.319 e. The van der Waals surface area contributed by atoms with Crippen LogP contribution in [0.3, 0.4) is 0 Å². The van der Waals surface area contributed by atoms with Gasteiger partial charge in [0.2, 0.25) is 0 Å². The zero-order valence-electron chi connectivity index (χ0n) is 13.9. The number of nitro groups is 1. The third-order valence-corrected chi connectivity index (χ3v) is 4.59. The molecule has 0 aliphatic carbocycles. The van der Waals surface area contributed by atoms with E-state index in [0.29, 0.717) is 12.2 Å². The van der Waals surface area contributed by atoms with E-state index in [0.717, 1.165) is 38.8 Å². The maximum atomic E-state index is 11.8. The van der Waals surface area contributed by atoms with E-state index in [9.17, 15) is 20.0 Å². The van der Waals surface area contributed by atoms with Crippen molar-refractivity contribution in [3.05, 3.63) is 33.3 Å². The first-order chi connectivity index (χ1) is 12.0. The zero-order valence-corrected chi connectivity index (χ0v) is 14.7. The van der Waals surface area contributed by atoms with Gasteiger partial charge in [0.25, 0.3) is 5.69 Å². The molecule has 1 atom stereocenters. The molecule has 1 heterocycles. The molecule has 0 saturated carbocycles. The standard InChI is InChI=1S/C16H23ClN4O4/c17-14-6-5-12(10-15(14)21(24)25)19-16(23)18-7-1-2-8-20-9-3-4-13(20)11-22/h5-6,10,13,22H,1-4,7-9,11H2,(H2,18,19,23). The van der Waals surface area contributed by atoms with Crippen molar-refractivity contribution in [2.45, 2.75) is 31.7 Å². The molecule has 0 aromatic heterocycles. The number of hydrogen-bond acceptors (Lipinski definition) is 5. The number of nitro benzene ring substituents is 1. The van der Waals surface area contributed by atoms with Crippen LogP contribution in [0.15, 0.2) is 18.2 Å². The van der Waals surface area contributed by atoms with E-state index in [1.54, 1.807) is 0 Å². The normalized spacial score (nSPS) is 17.4. The number of aliphatic hydroxyl groups is 1. The van der Waals surface area contributed by atoms with Gasteiger partial charge in [0, 0.05) is 24.3 Å². The molecule has 1 aliphatic rings. The molecule has 3 N–H and O–H groups in total. The molecule has 1 aliphatic heterocycles. The summed E-state index contributed by atoms with van der Waals surface area (Å²) in [6.07, 6.45) is 3.93. The lowest BCUT2D eigenvalue weighted by atomic mass is 10.2. The summed E-state index contributed by atoms with van der Waals surface area (Å²) < 4.78 is 0. The Morgan fingerprint density at radius 3 is 2.96 bits per heavy atom. The summed E-state index contributed by atoms with van der Waals surface area (Å²) in [5.41, 5.74) is 0.0694. The van der Waals surface area contributed by atoms with E-state index in [4.69, 9.17) is 11.6 Å². The van der Waals surface area contributed by atoms with Crippen molar-refractivity contribution >= 4 is 29.0 Å². The summed E-state index contributed by atoms with van der Waals surface area (Å²) in [4.78, 5) is 24.3. The molecule has 25 heavy (non-hydrogen) atoms. The molecule has 1 unspecified atom stereocenters. The van der Waals surface area contributed by atoms with Gasteiger partial charge in [0.1, 0.15) is 5.02 Å². The minimum absolute atomic E-state index is 0.0269. The lowest BCUT2D eigenvalue weighted by Crippen LogP contribution is -2.34. The van der Waals surface area contributed by atoms with Crippen LogP contribution in [-0.4, -0.2) is 53.2 Å². The monoisotopic (exact) mass is 370 g/mol. The number of aliphatic hydroxyl groups excluding tert-OH is 1. The summed E-state index contributed by atoms with van der Waals surface area (Å²) in [5.74, 6) is 0. The van der Waals surface area contributed by atoms with Gasteiger partial charge < -0.3 is 15.7 Å². The van der Waals surface area contributed by atoms with Crippen molar-refractivity contribution in [1.29, 1.82) is 0 Å². The van der Waals surface area contributed by atoms with Crippen LogP contribution < -0.4 is 10.6 Å². The average Bonchev–Trinajstić information content (AvgIpc) is 3.03. The molecule has 1 aromatic carbocycles. The molecule has 0 bridgehead atoms. The van der Waals surface area contributed by atoms with Gasteiger partial charge in [-0.1, -0.05) is 11.6 Å². The number of anilines is 1. The van der Waals surface area contributed by atoms with Gasteiger partial charge >= 0.3 is 6.03 Å². The number of benzene rings is 1. The van der Waals surface area contributed by atoms with Crippen molar-refractivity contribution in [3.8, 4) is 0 Å². The number of amides is 2. The number of likely N-dealkylation sites (tertiary alicyclic amines) is 1. The highest BCUT2D eigenvalue weighted by molar-refractivity contribution is 6.32. The Balaban J connectivity index is 1.67. The van der Waals surface area contributed by atoms with Gasteiger partial charge in [0.05, 0.1) is 11.5 Å². The van der Waals surface area contributed by atoms with Crippen molar-refractivity contribution in [1.82, 2.24) is 10.2 Å². The molecule has 138 valence electrons. The molecule has 8 nitrogen and oxygen atoms in total. The Morgan fingerprint density at radius 1 is 1.44 bits per heavy atom. The lowest BCUT2D eigenvalue weighted by molar-refractivity contribution is -0.384. The summed E-state index contributed by atoms with van der Waals surface area (Å²) >= 11 is 5.73. The molecular weight excluding hydrogens is 348 g/mol. The van der Waals surface area contributed by atoms with Crippen LogP contribution in [0.1, 0.15) is 25.7 Å². The lowest BCUT2D eigenvalue weighted by Gasteiger charge is -2.22. The van der Waals surface area contributed by atoms with Crippen molar-refractivity contribution < 1.29 is 14.8 Å². The molecular formula is C16H23ClN4O4. The molecule has 1 aromatic rings. The van der Waals surface area contributed by atoms with Gasteiger partial charge in [0.15, 0.2) is 0 Å². The largest absolute Gasteiger partial charge is 0.395 e. The summed E-state index contributed by atoms with van der Waals surface area (Å²) in [6.45, 7) is 2.65. The number of halogens is 1.